The Kier molecular flexibility index (Phi) is 9.99. The molecule has 6 nitrogen and oxygen atoms in total. The second-order valence-electron chi connectivity index (χ2n) is 11.9. The van der Waals surface area contributed by atoms with Gasteiger partial charge in [-0.25, -0.2) is 4.79 Å². The van der Waals surface area contributed by atoms with Gasteiger partial charge in [0.2, 0.25) is 5.91 Å². The fourth-order valence-electron chi connectivity index (χ4n) is 5.68. The monoisotopic (exact) mass is 541 g/mol. The van der Waals surface area contributed by atoms with Crippen molar-refractivity contribution in [3.8, 4) is 0 Å². The summed E-state index contributed by atoms with van der Waals surface area (Å²) in [5.74, 6) is 0.0723. The van der Waals surface area contributed by atoms with Crippen molar-refractivity contribution in [1.82, 2.24) is 9.80 Å². The van der Waals surface area contributed by atoms with Gasteiger partial charge >= 0.3 is 6.09 Å². The number of hydrogen-bond acceptors (Lipinski definition) is 3. The Morgan fingerprint density at radius 1 is 0.850 bits per heavy atom. The molecule has 0 aromatic heterocycles. The fraction of sp³-hybridized carbons (Fsp3) is 0.412. The maximum atomic E-state index is 13.6. The Labute approximate surface area is 239 Å². The zero-order valence-electron chi connectivity index (χ0n) is 24.1. The molecule has 2 atom stereocenters. The van der Waals surface area contributed by atoms with Crippen LogP contribution in [0.4, 0.5) is 10.5 Å². The van der Waals surface area contributed by atoms with Gasteiger partial charge in [-0.15, -0.1) is 0 Å². The minimum Gasteiger partial charge on any atom is -0.465 e. The van der Waals surface area contributed by atoms with Gasteiger partial charge in [0.1, 0.15) is 0 Å². The Bertz CT molecular complexity index is 1170. The standard InChI is InChI=1S/C34H43N3O3/c1-34(2,3)32(38)37(29-18-11-6-12-19-29)31-21-23-36(33(39)40)30(24-31)20-13-22-35(25-27-14-7-4-8-15-27)26-28-16-9-5-10-17-28/h4-12,14-19,30-31H,13,20-26H2,1-3H3,(H,39,40)/t30-,31-/m0/s1. The third-order valence-corrected chi connectivity index (χ3v) is 7.70. The van der Waals surface area contributed by atoms with Crippen molar-refractivity contribution in [2.45, 2.75) is 71.6 Å². The zero-order chi connectivity index (χ0) is 28.5. The minimum atomic E-state index is -0.873. The van der Waals surface area contributed by atoms with E-state index in [0.29, 0.717) is 19.4 Å². The van der Waals surface area contributed by atoms with Crippen LogP contribution in [0, 0.1) is 5.41 Å². The predicted molar refractivity (Wildman–Crippen MR) is 161 cm³/mol. The molecule has 2 amide bonds. The number of rotatable bonds is 10. The molecular weight excluding hydrogens is 498 g/mol. The van der Waals surface area contributed by atoms with Crippen LogP contribution in [0.1, 0.15) is 57.6 Å². The third kappa shape index (κ3) is 7.95. The molecule has 3 aromatic rings. The summed E-state index contributed by atoms with van der Waals surface area (Å²) in [7, 11) is 0. The summed E-state index contributed by atoms with van der Waals surface area (Å²) in [5, 5.41) is 10.0. The molecule has 1 saturated heterocycles. The molecule has 0 spiro atoms. The molecule has 40 heavy (non-hydrogen) atoms. The van der Waals surface area contributed by atoms with Crippen molar-refractivity contribution in [1.29, 1.82) is 0 Å². The number of likely N-dealkylation sites (tertiary alicyclic amines) is 1. The van der Waals surface area contributed by atoms with Crippen molar-refractivity contribution in [3.05, 3.63) is 102 Å². The van der Waals surface area contributed by atoms with Crippen LogP contribution in [0.2, 0.25) is 0 Å². The van der Waals surface area contributed by atoms with Gasteiger partial charge in [0.15, 0.2) is 0 Å². The summed E-state index contributed by atoms with van der Waals surface area (Å²) >= 11 is 0. The average Bonchev–Trinajstić information content (AvgIpc) is 2.94. The van der Waals surface area contributed by atoms with Crippen LogP contribution in [0.25, 0.3) is 0 Å². The van der Waals surface area contributed by atoms with Crippen LogP contribution < -0.4 is 4.90 Å². The van der Waals surface area contributed by atoms with Gasteiger partial charge in [-0.2, -0.15) is 0 Å². The Morgan fingerprint density at radius 3 is 1.88 bits per heavy atom. The van der Waals surface area contributed by atoms with E-state index in [0.717, 1.165) is 38.2 Å². The largest absolute Gasteiger partial charge is 0.465 e. The summed E-state index contributed by atoms with van der Waals surface area (Å²) in [6, 6.07) is 30.6. The topological polar surface area (TPSA) is 64.1 Å². The Morgan fingerprint density at radius 2 is 1.38 bits per heavy atom. The molecule has 1 aliphatic rings. The molecule has 1 N–H and O–H groups in total. The lowest BCUT2D eigenvalue weighted by Gasteiger charge is -2.44. The summed E-state index contributed by atoms with van der Waals surface area (Å²) in [6.07, 6.45) is 2.03. The van der Waals surface area contributed by atoms with E-state index in [2.05, 4.69) is 53.4 Å². The Balaban J connectivity index is 1.48. The summed E-state index contributed by atoms with van der Waals surface area (Å²) in [5.41, 5.74) is 2.88. The SMILES string of the molecule is CC(C)(C)C(=O)N(c1ccccc1)[C@H]1CCN(C(=O)O)[C@@H](CCCN(Cc2ccccc2)Cc2ccccc2)C1. The van der Waals surface area contributed by atoms with E-state index in [4.69, 9.17) is 0 Å². The number of carbonyl (C=O) groups excluding carboxylic acids is 1. The number of carbonyl (C=O) groups is 2. The lowest BCUT2D eigenvalue weighted by Crippen LogP contribution is -2.55. The predicted octanol–water partition coefficient (Wildman–Crippen LogP) is 7.06. The molecule has 1 aliphatic heterocycles. The first-order valence-corrected chi connectivity index (χ1v) is 14.4. The van der Waals surface area contributed by atoms with Crippen molar-refractivity contribution in [3.63, 3.8) is 0 Å². The van der Waals surface area contributed by atoms with Gasteiger partial charge < -0.3 is 14.9 Å². The van der Waals surface area contributed by atoms with E-state index in [9.17, 15) is 14.7 Å². The summed E-state index contributed by atoms with van der Waals surface area (Å²) in [6.45, 7) is 8.82. The number of amides is 2. The second kappa shape index (κ2) is 13.6. The van der Waals surface area contributed by atoms with Gasteiger partial charge in [-0.05, 0) is 55.5 Å². The maximum Gasteiger partial charge on any atom is 0.407 e. The van der Waals surface area contributed by atoms with Gasteiger partial charge in [0, 0.05) is 42.8 Å². The molecule has 3 aromatic carbocycles. The van der Waals surface area contributed by atoms with E-state index in [1.54, 1.807) is 4.90 Å². The van der Waals surface area contributed by atoms with Gasteiger partial charge in [-0.3, -0.25) is 9.69 Å². The third-order valence-electron chi connectivity index (χ3n) is 7.70. The molecule has 0 unspecified atom stereocenters. The van der Waals surface area contributed by atoms with Crippen molar-refractivity contribution in [2.75, 3.05) is 18.0 Å². The molecule has 6 heteroatoms. The number of piperidine rings is 1. The summed E-state index contributed by atoms with van der Waals surface area (Å²) in [4.78, 5) is 31.8. The molecule has 0 bridgehead atoms. The number of nitrogens with zero attached hydrogens (tertiary/aromatic N) is 3. The van der Waals surface area contributed by atoms with Crippen molar-refractivity contribution < 1.29 is 14.7 Å². The number of carboxylic acid groups (broad SMARTS) is 1. The molecule has 1 fully saturated rings. The summed E-state index contributed by atoms with van der Waals surface area (Å²) < 4.78 is 0. The van der Waals surface area contributed by atoms with Gasteiger partial charge in [0.05, 0.1) is 0 Å². The number of benzene rings is 3. The maximum absolute atomic E-state index is 13.6. The van der Waals surface area contributed by atoms with E-state index >= 15 is 0 Å². The highest BCUT2D eigenvalue weighted by molar-refractivity contribution is 5.97. The number of anilines is 1. The molecule has 0 saturated carbocycles. The minimum absolute atomic E-state index is 0.0422. The van der Waals surface area contributed by atoms with Crippen LogP contribution in [-0.4, -0.2) is 52.1 Å². The fourth-order valence-corrected chi connectivity index (χ4v) is 5.68. The highest BCUT2D eigenvalue weighted by atomic mass is 16.4. The molecular formula is C34H43N3O3. The quantitative estimate of drug-likeness (QED) is 0.298. The van der Waals surface area contributed by atoms with E-state index in [1.165, 1.54) is 11.1 Å². The molecule has 212 valence electrons. The van der Waals surface area contributed by atoms with Crippen molar-refractivity contribution >= 4 is 17.7 Å². The average molecular weight is 542 g/mol. The lowest BCUT2D eigenvalue weighted by atomic mass is 9.88. The highest BCUT2D eigenvalue weighted by Gasteiger charge is 2.39. The molecule has 0 aliphatic carbocycles. The van der Waals surface area contributed by atoms with Gasteiger partial charge in [0.25, 0.3) is 0 Å². The normalized spacial score (nSPS) is 17.6. The van der Waals surface area contributed by atoms with Crippen LogP contribution in [0.15, 0.2) is 91.0 Å². The van der Waals surface area contributed by atoms with E-state index < -0.39 is 11.5 Å². The van der Waals surface area contributed by atoms with E-state index in [1.807, 2.05) is 68.1 Å². The van der Waals surface area contributed by atoms with Crippen molar-refractivity contribution in [2.24, 2.45) is 5.41 Å². The van der Waals surface area contributed by atoms with Crippen LogP contribution in [0.5, 0.6) is 0 Å². The molecule has 1 heterocycles. The molecule has 0 radical (unpaired) electrons. The highest BCUT2D eigenvalue weighted by Crippen LogP contribution is 2.32. The van der Waals surface area contributed by atoms with Crippen LogP contribution in [0.3, 0.4) is 0 Å². The van der Waals surface area contributed by atoms with Gasteiger partial charge in [-0.1, -0.05) is 99.6 Å². The Hall–Kier alpha value is -3.64. The first-order chi connectivity index (χ1) is 19.2. The van der Waals surface area contributed by atoms with Crippen LogP contribution in [-0.2, 0) is 17.9 Å². The van der Waals surface area contributed by atoms with E-state index in [-0.39, 0.29) is 18.0 Å². The first-order valence-electron chi connectivity index (χ1n) is 14.4. The molecule has 4 rings (SSSR count). The lowest BCUT2D eigenvalue weighted by molar-refractivity contribution is -0.126. The number of hydrogen-bond donors (Lipinski definition) is 1. The number of para-hydroxylation sites is 1. The second-order valence-corrected chi connectivity index (χ2v) is 11.9. The van der Waals surface area contributed by atoms with Crippen LogP contribution >= 0.6 is 0 Å². The zero-order valence-corrected chi connectivity index (χ0v) is 24.1. The smallest absolute Gasteiger partial charge is 0.407 e. The first kappa shape index (κ1) is 29.3.